The van der Waals surface area contributed by atoms with E-state index in [1.807, 2.05) is 0 Å². The van der Waals surface area contributed by atoms with E-state index >= 15 is 0 Å². The number of hydrogen-bond donors (Lipinski definition) is 1. The Labute approximate surface area is 109 Å². The van der Waals surface area contributed by atoms with Crippen LogP contribution in [0.2, 0.25) is 0 Å². The van der Waals surface area contributed by atoms with Gasteiger partial charge in [0, 0.05) is 11.3 Å². The number of carbonyl (C=O) groups is 2. The van der Waals surface area contributed by atoms with Crippen molar-refractivity contribution < 1.29 is 19.4 Å². The van der Waals surface area contributed by atoms with Crippen LogP contribution in [0.15, 0.2) is 24.3 Å². The van der Waals surface area contributed by atoms with Gasteiger partial charge in [-0.2, -0.15) is 11.8 Å². The van der Waals surface area contributed by atoms with Gasteiger partial charge in [0.05, 0.1) is 0 Å². The molecule has 1 aliphatic heterocycles. The molecule has 0 aliphatic carbocycles. The van der Waals surface area contributed by atoms with Gasteiger partial charge in [-0.3, -0.25) is 4.79 Å². The van der Waals surface area contributed by atoms with Gasteiger partial charge in [0.1, 0.15) is 12.0 Å². The molecule has 0 radical (unpaired) electrons. The fourth-order valence-corrected chi connectivity index (χ4v) is 3.09. The van der Waals surface area contributed by atoms with Crippen LogP contribution in [0, 0.1) is 0 Å². The van der Waals surface area contributed by atoms with Gasteiger partial charge in [-0.25, -0.2) is 4.79 Å². The van der Waals surface area contributed by atoms with Crippen LogP contribution >= 0.6 is 11.8 Å². The number of aldehydes is 1. The minimum Gasteiger partial charge on any atom is -0.478 e. The maximum atomic E-state index is 11.4. The second-order valence-corrected chi connectivity index (χ2v) is 5.35. The third-order valence-corrected chi connectivity index (χ3v) is 4.15. The quantitative estimate of drug-likeness (QED) is 0.847. The highest BCUT2D eigenvalue weighted by atomic mass is 32.2. The number of thioether (sulfide) groups is 1. The molecule has 0 aromatic heterocycles. The summed E-state index contributed by atoms with van der Waals surface area (Å²) in [5, 5.41) is 9.37. The van der Waals surface area contributed by atoms with E-state index in [4.69, 9.17) is 4.74 Å². The van der Waals surface area contributed by atoms with Gasteiger partial charge in [-0.1, -0.05) is 12.1 Å². The van der Waals surface area contributed by atoms with Crippen LogP contribution in [0.3, 0.4) is 0 Å². The molecule has 1 aromatic rings. The Morgan fingerprint density at radius 1 is 1.50 bits per heavy atom. The Morgan fingerprint density at radius 3 is 2.94 bits per heavy atom. The first-order valence-electron chi connectivity index (χ1n) is 5.72. The maximum absolute atomic E-state index is 11.4. The molecule has 2 rings (SSSR count). The fourth-order valence-electron chi connectivity index (χ4n) is 1.94. The predicted molar refractivity (Wildman–Crippen MR) is 69.4 cm³/mol. The van der Waals surface area contributed by atoms with Crippen LogP contribution in [0.25, 0.3) is 0 Å². The lowest BCUT2D eigenvalue weighted by atomic mass is 9.99. The van der Waals surface area contributed by atoms with Gasteiger partial charge in [-0.15, -0.1) is 0 Å². The zero-order valence-corrected chi connectivity index (χ0v) is 10.6. The molecule has 4 nitrogen and oxygen atoms in total. The molecule has 1 saturated heterocycles. The molecule has 0 amide bonds. The second-order valence-electron chi connectivity index (χ2n) is 4.25. The van der Waals surface area contributed by atoms with E-state index in [2.05, 4.69) is 0 Å². The Hall–Kier alpha value is -1.49. The van der Waals surface area contributed by atoms with Crippen LogP contribution in [0.5, 0.6) is 5.75 Å². The molecule has 1 fully saturated rings. The van der Waals surface area contributed by atoms with Crippen molar-refractivity contribution in [3.05, 3.63) is 29.8 Å². The summed E-state index contributed by atoms with van der Waals surface area (Å²) in [6, 6.07) is 6.58. The summed E-state index contributed by atoms with van der Waals surface area (Å²) in [5.74, 6) is 0.899. The van der Waals surface area contributed by atoms with E-state index in [9.17, 15) is 14.7 Å². The van der Waals surface area contributed by atoms with Crippen LogP contribution < -0.4 is 4.74 Å². The summed E-state index contributed by atoms with van der Waals surface area (Å²) in [7, 11) is 0. The number of aliphatic carboxylic acids is 1. The van der Waals surface area contributed by atoms with E-state index < -0.39 is 11.6 Å². The Morgan fingerprint density at radius 2 is 2.33 bits per heavy atom. The minimum absolute atomic E-state index is 0.435. The molecular formula is C13H14O4S. The number of rotatable bonds is 4. The average molecular weight is 266 g/mol. The maximum Gasteiger partial charge on any atom is 0.348 e. The molecular weight excluding hydrogens is 252 g/mol. The third-order valence-electron chi connectivity index (χ3n) is 2.90. The summed E-state index contributed by atoms with van der Waals surface area (Å²) in [6.07, 6.45) is 2.04. The summed E-state index contributed by atoms with van der Waals surface area (Å²) in [6.45, 7) is 0. The number of carbonyl (C=O) groups excluding carboxylic acids is 1. The lowest BCUT2D eigenvalue weighted by molar-refractivity contribution is -0.154. The first-order chi connectivity index (χ1) is 8.66. The number of benzene rings is 1. The van der Waals surface area contributed by atoms with Gasteiger partial charge >= 0.3 is 5.97 Å². The highest BCUT2D eigenvalue weighted by molar-refractivity contribution is 7.99. The molecule has 18 heavy (non-hydrogen) atoms. The van der Waals surface area contributed by atoms with Crippen molar-refractivity contribution in [3.63, 3.8) is 0 Å². The molecule has 1 heterocycles. The lowest BCUT2D eigenvalue weighted by Crippen LogP contribution is -2.49. The van der Waals surface area contributed by atoms with Crippen LogP contribution in [-0.4, -0.2) is 34.5 Å². The van der Waals surface area contributed by atoms with Crippen molar-refractivity contribution in [1.82, 2.24) is 0 Å². The van der Waals surface area contributed by atoms with E-state index in [-0.39, 0.29) is 0 Å². The summed E-state index contributed by atoms with van der Waals surface area (Å²) in [5.41, 5.74) is -0.679. The minimum atomic E-state index is -1.16. The molecule has 5 heteroatoms. The van der Waals surface area contributed by atoms with Crippen molar-refractivity contribution in [1.29, 1.82) is 0 Å². The highest BCUT2D eigenvalue weighted by Crippen LogP contribution is 2.32. The Balaban J connectivity index is 2.22. The zero-order chi connectivity index (χ0) is 13.0. The average Bonchev–Trinajstić information content (AvgIpc) is 2.40. The van der Waals surface area contributed by atoms with Crippen molar-refractivity contribution in [3.8, 4) is 5.75 Å². The van der Waals surface area contributed by atoms with Gasteiger partial charge in [0.2, 0.25) is 5.60 Å². The zero-order valence-electron chi connectivity index (χ0n) is 9.80. The SMILES string of the molecule is O=Cc1cccc(OC2(C(=O)O)CCCSC2)c1. The number of ether oxygens (including phenoxy) is 1. The predicted octanol–water partition coefficient (Wildman–Crippen LogP) is 2.23. The molecule has 96 valence electrons. The standard InChI is InChI=1S/C13H14O4S/c14-8-10-3-1-4-11(7-10)17-13(12(15)16)5-2-6-18-9-13/h1,3-4,7-8H,2,5-6,9H2,(H,15,16). The molecule has 1 aromatic carbocycles. The number of hydrogen-bond acceptors (Lipinski definition) is 4. The largest absolute Gasteiger partial charge is 0.478 e. The summed E-state index contributed by atoms with van der Waals surface area (Å²) in [4.78, 5) is 22.1. The first kappa shape index (κ1) is 13.0. The highest BCUT2D eigenvalue weighted by Gasteiger charge is 2.42. The van der Waals surface area contributed by atoms with Crippen molar-refractivity contribution in [2.24, 2.45) is 0 Å². The molecule has 0 bridgehead atoms. The molecule has 0 spiro atoms. The summed E-state index contributed by atoms with van der Waals surface area (Å²) < 4.78 is 5.67. The van der Waals surface area contributed by atoms with Crippen LogP contribution in [-0.2, 0) is 4.79 Å². The van der Waals surface area contributed by atoms with Crippen molar-refractivity contribution in [2.75, 3.05) is 11.5 Å². The van der Waals surface area contributed by atoms with Gasteiger partial charge in [-0.05, 0) is 30.7 Å². The van der Waals surface area contributed by atoms with Crippen molar-refractivity contribution >= 4 is 24.0 Å². The van der Waals surface area contributed by atoms with Crippen molar-refractivity contribution in [2.45, 2.75) is 18.4 Å². The van der Waals surface area contributed by atoms with E-state index in [0.29, 0.717) is 23.5 Å². The smallest absolute Gasteiger partial charge is 0.348 e. The topological polar surface area (TPSA) is 63.6 Å². The van der Waals surface area contributed by atoms with Gasteiger partial charge in [0.25, 0.3) is 0 Å². The third kappa shape index (κ3) is 2.67. The monoisotopic (exact) mass is 266 g/mol. The Bertz CT molecular complexity index is 452. The van der Waals surface area contributed by atoms with E-state index in [0.717, 1.165) is 18.5 Å². The molecule has 1 unspecified atom stereocenters. The lowest BCUT2D eigenvalue weighted by Gasteiger charge is -2.33. The molecule has 1 atom stereocenters. The Kier molecular flexibility index (Phi) is 3.91. The second kappa shape index (κ2) is 5.44. The number of carboxylic acids is 1. The summed E-state index contributed by atoms with van der Waals surface area (Å²) >= 11 is 1.58. The first-order valence-corrected chi connectivity index (χ1v) is 6.87. The van der Waals surface area contributed by atoms with Crippen LogP contribution in [0.1, 0.15) is 23.2 Å². The molecule has 1 aliphatic rings. The van der Waals surface area contributed by atoms with Crippen LogP contribution in [0.4, 0.5) is 0 Å². The molecule has 1 N–H and O–H groups in total. The fraction of sp³-hybridized carbons (Fsp3) is 0.385. The normalized spacial score (nSPS) is 23.3. The van der Waals surface area contributed by atoms with Gasteiger partial charge < -0.3 is 9.84 Å². The van der Waals surface area contributed by atoms with E-state index in [1.54, 1.807) is 36.0 Å². The number of carboxylic acid groups (broad SMARTS) is 1. The van der Waals surface area contributed by atoms with E-state index in [1.165, 1.54) is 0 Å². The van der Waals surface area contributed by atoms with Gasteiger partial charge in [0.15, 0.2) is 0 Å². The molecule has 0 saturated carbocycles.